The van der Waals surface area contributed by atoms with Gasteiger partial charge >= 0.3 is 0 Å². The minimum Gasteiger partial charge on any atom is -0.455 e. The molecule has 50 heavy (non-hydrogen) atoms. The number of rotatable bonds is 5. The number of fused-ring (bicyclic) bond motifs is 6. The van der Waals surface area contributed by atoms with E-state index in [1.54, 1.807) is 0 Å². The van der Waals surface area contributed by atoms with E-state index in [0.717, 1.165) is 49.8 Å². The van der Waals surface area contributed by atoms with Gasteiger partial charge in [0, 0.05) is 47.6 Å². The van der Waals surface area contributed by atoms with E-state index >= 15 is 0 Å². The van der Waals surface area contributed by atoms with E-state index < -0.39 is 0 Å². The molecule has 0 radical (unpaired) electrons. The summed E-state index contributed by atoms with van der Waals surface area (Å²) >= 11 is 1.84. The van der Waals surface area contributed by atoms with Gasteiger partial charge < -0.3 is 4.42 Å². The van der Waals surface area contributed by atoms with Crippen LogP contribution in [0, 0.1) is 0 Å². The molecule has 4 nitrogen and oxygen atoms in total. The predicted octanol–water partition coefficient (Wildman–Crippen LogP) is 12.5. The summed E-state index contributed by atoms with van der Waals surface area (Å²) in [7, 11) is 0. The molecule has 3 aromatic heterocycles. The number of hydrogen-bond acceptors (Lipinski definition) is 5. The van der Waals surface area contributed by atoms with Gasteiger partial charge in [0.05, 0.1) is 5.56 Å². The normalized spacial score (nSPS) is 11.6. The summed E-state index contributed by atoms with van der Waals surface area (Å²) in [4.78, 5) is 15.2. The van der Waals surface area contributed by atoms with Crippen molar-refractivity contribution in [2.75, 3.05) is 0 Å². The molecule has 7 aromatic carbocycles. The first-order chi connectivity index (χ1) is 24.8. The van der Waals surface area contributed by atoms with E-state index in [1.165, 1.54) is 31.3 Å². The molecule has 0 aliphatic rings. The third kappa shape index (κ3) is 4.71. The van der Waals surface area contributed by atoms with Crippen LogP contribution in [-0.4, -0.2) is 15.0 Å². The van der Waals surface area contributed by atoms with Gasteiger partial charge in [-0.25, -0.2) is 15.0 Å². The van der Waals surface area contributed by atoms with E-state index in [4.69, 9.17) is 19.4 Å². The van der Waals surface area contributed by atoms with Crippen LogP contribution in [0.2, 0.25) is 0 Å². The van der Waals surface area contributed by atoms with Gasteiger partial charge in [0.1, 0.15) is 11.2 Å². The van der Waals surface area contributed by atoms with Crippen LogP contribution < -0.4 is 0 Å². The van der Waals surface area contributed by atoms with Crippen molar-refractivity contribution >= 4 is 53.4 Å². The van der Waals surface area contributed by atoms with Gasteiger partial charge in [-0.3, -0.25) is 0 Å². The fourth-order valence-corrected chi connectivity index (χ4v) is 8.20. The van der Waals surface area contributed by atoms with E-state index in [2.05, 4.69) is 115 Å². The predicted molar refractivity (Wildman–Crippen MR) is 207 cm³/mol. The highest BCUT2D eigenvalue weighted by atomic mass is 32.1. The largest absolute Gasteiger partial charge is 0.455 e. The maximum absolute atomic E-state index is 6.73. The fraction of sp³-hybridized carbons (Fsp3) is 0. The Bertz CT molecular complexity index is 2860. The highest BCUT2D eigenvalue weighted by Crippen LogP contribution is 2.46. The summed E-state index contributed by atoms with van der Waals surface area (Å²) in [5.74, 6) is 1.79. The molecule has 0 saturated carbocycles. The lowest BCUT2D eigenvalue weighted by Gasteiger charge is -2.11. The number of nitrogens with zero attached hydrogens (tertiary/aromatic N) is 3. The molecule has 0 atom stereocenters. The third-order valence-corrected chi connectivity index (χ3v) is 10.6. The summed E-state index contributed by atoms with van der Waals surface area (Å²) < 4.78 is 9.28. The van der Waals surface area contributed by atoms with Crippen LogP contribution in [0.15, 0.2) is 168 Å². The Labute approximate surface area is 292 Å². The second-order valence-corrected chi connectivity index (χ2v) is 13.4. The first-order valence-corrected chi connectivity index (χ1v) is 17.4. The van der Waals surface area contributed by atoms with Crippen molar-refractivity contribution in [3.05, 3.63) is 164 Å². The Kier molecular flexibility index (Phi) is 6.64. The van der Waals surface area contributed by atoms with Gasteiger partial charge in [-0.05, 0) is 34.9 Å². The van der Waals surface area contributed by atoms with Crippen LogP contribution >= 0.6 is 11.3 Å². The van der Waals surface area contributed by atoms with Gasteiger partial charge in [0.2, 0.25) is 0 Å². The summed E-state index contributed by atoms with van der Waals surface area (Å²) in [5, 5.41) is 4.66. The maximum Gasteiger partial charge on any atom is 0.167 e. The van der Waals surface area contributed by atoms with Crippen LogP contribution in [-0.2, 0) is 0 Å². The molecule has 10 rings (SSSR count). The van der Waals surface area contributed by atoms with Gasteiger partial charge in [-0.1, -0.05) is 146 Å². The summed E-state index contributed by atoms with van der Waals surface area (Å²) in [6.07, 6.45) is 0. The molecule has 0 saturated heterocycles. The van der Waals surface area contributed by atoms with E-state index in [1.807, 2.05) is 59.9 Å². The Balaban J connectivity index is 1.20. The zero-order chi connectivity index (χ0) is 33.0. The van der Waals surface area contributed by atoms with Gasteiger partial charge in [0.15, 0.2) is 17.5 Å². The van der Waals surface area contributed by atoms with Crippen LogP contribution in [0.3, 0.4) is 0 Å². The zero-order valence-corrected chi connectivity index (χ0v) is 27.6. The quantitative estimate of drug-likeness (QED) is 0.185. The molecule has 3 heterocycles. The molecule has 0 aliphatic carbocycles. The molecule has 0 bridgehead atoms. The standard InChI is InChI=1S/C45H27N3OS/c1-3-12-28(13-4-1)29-22-24-31(25-23-29)44-46-43(30-14-5-2-6-15-30)47-45(48-44)37-27-26-33(40-36-17-7-9-20-38(36)49-41(37)40)35-19-11-18-34-32-16-8-10-21-39(32)50-42(34)35/h1-27H. The number of benzene rings is 7. The van der Waals surface area contributed by atoms with Crippen LogP contribution in [0.4, 0.5) is 0 Å². The number of aromatic nitrogens is 3. The lowest BCUT2D eigenvalue weighted by Crippen LogP contribution is -2.00. The second kappa shape index (κ2) is 11.6. The average Bonchev–Trinajstić information content (AvgIpc) is 3.78. The van der Waals surface area contributed by atoms with Crippen molar-refractivity contribution in [1.29, 1.82) is 0 Å². The van der Waals surface area contributed by atoms with E-state index in [-0.39, 0.29) is 0 Å². The monoisotopic (exact) mass is 657 g/mol. The van der Waals surface area contributed by atoms with Crippen molar-refractivity contribution in [1.82, 2.24) is 15.0 Å². The molecular weight excluding hydrogens is 631 g/mol. The van der Waals surface area contributed by atoms with E-state index in [9.17, 15) is 0 Å². The molecule has 0 aliphatic heterocycles. The summed E-state index contributed by atoms with van der Waals surface area (Å²) in [5.41, 5.74) is 8.87. The first-order valence-electron chi connectivity index (χ1n) is 16.6. The Morgan fingerprint density at radius 1 is 0.380 bits per heavy atom. The maximum atomic E-state index is 6.73. The third-order valence-electron chi connectivity index (χ3n) is 9.38. The number of thiophene rings is 1. The topological polar surface area (TPSA) is 51.8 Å². The van der Waals surface area contributed by atoms with Crippen LogP contribution in [0.1, 0.15) is 0 Å². The van der Waals surface area contributed by atoms with Crippen molar-refractivity contribution < 1.29 is 4.42 Å². The summed E-state index contributed by atoms with van der Waals surface area (Å²) in [6.45, 7) is 0. The highest BCUT2D eigenvalue weighted by Gasteiger charge is 2.22. The molecule has 234 valence electrons. The fourth-order valence-electron chi connectivity index (χ4n) is 6.97. The molecule has 0 fully saturated rings. The molecule has 0 N–H and O–H groups in total. The summed E-state index contributed by atoms with van der Waals surface area (Å²) in [6, 6.07) is 56.7. The van der Waals surface area contributed by atoms with Crippen molar-refractivity contribution in [2.24, 2.45) is 0 Å². The van der Waals surface area contributed by atoms with Crippen LogP contribution in [0.25, 0.3) is 98.5 Å². The molecule has 10 aromatic rings. The van der Waals surface area contributed by atoms with E-state index in [0.29, 0.717) is 17.5 Å². The molecule has 0 amide bonds. The van der Waals surface area contributed by atoms with Gasteiger partial charge in [-0.15, -0.1) is 11.3 Å². The number of para-hydroxylation sites is 1. The van der Waals surface area contributed by atoms with Gasteiger partial charge in [-0.2, -0.15) is 0 Å². The molecular formula is C45H27N3OS. The molecule has 0 unspecified atom stereocenters. The SMILES string of the molecule is c1ccc(-c2ccc(-c3nc(-c4ccccc4)nc(-c4ccc(-c5cccc6c5sc5ccccc56)c5c4oc4ccccc45)n3)cc2)cc1. The minimum absolute atomic E-state index is 0.566. The molecule has 5 heteroatoms. The second-order valence-electron chi connectivity index (χ2n) is 12.4. The zero-order valence-electron chi connectivity index (χ0n) is 26.7. The minimum atomic E-state index is 0.566. The first kappa shape index (κ1) is 28.6. The van der Waals surface area contributed by atoms with Crippen LogP contribution in [0.5, 0.6) is 0 Å². The number of furan rings is 1. The smallest absolute Gasteiger partial charge is 0.167 e. The molecule has 0 spiro atoms. The lowest BCUT2D eigenvalue weighted by atomic mass is 9.95. The lowest BCUT2D eigenvalue weighted by molar-refractivity contribution is 0.669. The average molecular weight is 658 g/mol. The Morgan fingerprint density at radius 3 is 1.72 bits per heavy atom. The highest BCUT2D eigenvalue weighted by molar-refractivity contribution is 7.26. The Hall–Kier alpha value is -6.43. The van der Waals surface area contributed by atoms with Gasteiger partial charge in [0.25, 0.3) is 0 Å². The number of hydrogen-bond donors (Lipinski definition) is 0. The Morgan fingerprint density at radius 2 is 0.940 bits per heavy atom. The van der Waals surface area contributed by atoms with Crippen molar-refractivity contribution in [3.8, 4) is 56.4 Å². The van der Waals surface area contributed by atoms with Crippen molar-refractivity contribution in [3.63, 3.8) is 0 Å². The van der Waals surface area contributed by atoms with Crippen molar-refractivity contribution in [2.45, 2.75) is 0 Å².